The van der Waals surface area contributed by atoms with Crippen LogP contribution in [0.5, 0.6) is 0 Å². The molecule has 1 aliphatic carbocycles. The minimum absolute atomic E-state index is 0.145. The summed E-state index contributed by atoms with van der Waals surface area (Å²) >= 11 is 1.70. The second kappa shape index (κ2) is 6.46. The van der Waals surface area contributed by atoms with Gasteiger partial charge in [-0.05, 0) is 18.4 Å². The molecule has 20 heavy (non-hydrogen) atoms. The summed E-state index contributed by atoms with van der Waals surface area (Å²) in [5, 5.41) is 10.9. The van der Waals surface area contributed by atoms with E-state index in [0.717, 1.165) is 10.6 Å². The Morgan fingerprint density at radius 3 is 2.40 bits per heavy atom. The maximum absolute atomic E-state index is 6.30. The van der Waals surface area contributed by atoms with Gasteiger partial charge in [0.1, 0.15) is 10.0 Å². The van der Waals surface area contributed by atoms with Crippen LogP contribution < -0.4 is 5.73 Å². The van der Waals surface area contributed by atoms with E-state index in [1.165, 1.54) is 43.5 Å². The van der Waals surface area contributed by atoms with Gasteiger partial charge in [-0.3, -0.25) is 0 Å². The van der Waals surface area contributed by atoms with Crippen LogP contribution in [0.15, 0.2) is 30.3 Å². The molecule has 2 N–H and O–H groups in total. The molecule has 0 saturated heterocycles. The Morgan fingerprint density at radius 2 is 1.70 bits per heavy atom. The number of benzene rings is 1. The van der Waals surface area contributed by atoms with Crippen LogP contribution in [-0.4, -0.2) is 10.2 Å². The second-order valence-electron chi connectivity index (χ2n) is 5.56. The summed E-state index contributed by atoms with van der Waals surface area (Å²) in [4.78, 5) is 0. The van der Waals surface area contributed by atoms with Gasteiger partial charge in [0.2, 0.25) is 0 Å². The molecule has 0 amide bonds. The Hall–Kier alpha value is -1.26. The van der Waals surface area contributed by atoms with Gasteiger partial charge >= 0.3 is 0 Å². The first kappa shape index (κ1) is 13.7. The standard InChI is InChI=1S/C16H21N3S/c17-14(12-8-6-3-7-9-12)16-19-18-15(20-16)13-10-4-1-2-5-11-13/h3,6-9,13-14H,1-2,4-5,10-11,17H2. The summed E-state index contributed by atoms with van der Waals surface area (Å²) in [6, 6.07) is 10.0. The molecule has 0 radical (unpaired) electrons. The molecule has 3 nitrogen and oxygen atoms in total. The number of nitrogens with two attached hydrogens (primary N) is 1. The second-order valence-corrected chi connectivity index (χ2v) is 6.60. The van der Waals surface area contributed by atoms with Crippen molar-refractivity contribution in [3.8, 4) is 0 Å². The van der Waals surface area contributed by atoms with E-state index in [-0.39, 0.29) is 6.04 Å². The minimum atomic E-state index is -0.145. The molecule has 3 rings (SSSR count). The molecule has 1 saturated carbocycles. The average molecular weight is 287 g/mol. The van der Waals surface area contributed by atoms with Gasteiger partial charge in [-0.15, -0.1) is 10.2 Å². The van der Waals surface area contributed by atoms with Crippen molar-refractivity contribution in [2.24, 2.45) is 5.73 Å². The summed E-state index contributed by atoms with van der Waals surface area (Å²) in [5.41, 5.74) is 7.41. The van der Waals surface area contributed by atoms with Crippen molar-refractivity contribution >= 4 is 11.3 Å². The molecule has 2 aromatic rings. The predicted octanol–water partition coefficient (Wildman–Crippen LogP) is 4.02. The highest BCUT2D eigenvalue weighted by Crippen LogP contribution is 2.34. The van der Waals surface area contributed by atoms with Crippen LogP contribution in [0.3, 0.4) is 0 Å². The lowest BCUT2D eigenvalue weighted by Crippen LogP contribution is -2.11. The van der Waals surface area contributed by atoms with Crippen LogP contribution in [0.2, 0.25) is 0 Å². The van der Waals surface area contributed by atoms with Gasteiger partial charge in [0, 0.05) is 5.92 Å². The molecule has 1 aromatic heterocycles. The highest BCUT2D eigenvalue weighted by Gasteiger charge is 2.21. The van der Waals surface area contributed by atoms with E-state index in [1.807, 2.05) is 18.2 Å². The molecule has 0 aliphatic heterocycles. The van der Waals surface area contributed by atoms with Crippen molar-refractivity contribution in [1.29, 1.82) is 0 Å². The smallest absolute Gasteiger partial charge is 0.138 e. The van der Waals surface area contributed by atoms with Crippen LogP contribution in [0.4, 0.5) is 0 Å². The van der Waals surface area contributed by atoms with Gasteiger partial charge in [-0.2, -0.15) is 0 Å². The van der Waals surface area contributed by atoms with Crippen molar-refractivity contribution in [3.63, 3.8) is 0 Å². The zero-order chi connectivity index (χ0) is 13.8. The van der Waals surface area contributed by atoms with Gasteiger partial charge in [0.25, 0.3) is 0 Å². The fraction of sp³-hybridized carbons (Fsp3) is 0.500. The van der Waals surface area contributed by atoms with Crippen molar-refractivity contribution in [1.82, 2.24) is 10.2 Å². The quantitative estimate of drug-likeness (QED) is 0.867. The first-order chi connectivity index (χ1) is 9.84. The van der Waals surface area contributed by atoms with E-state index in [1.54, 1.807) is 11.3 Å². The molecule has 1 fully saturated rings. The maximum atomic E-state index is 6.30. The monoisotopic (exact) mass is 287 g/mol. The highest BCUT2D eigenvalue weighted by atomic mass is 32.1. The molecular formula is C16H21N3S. The van der Waals surface area contributed by atoms with E-state index < -0.39 is 0 Å². The fourth-order valence-electron chi connectivity index (χ4n) is 2.87. The third kappa shape index (κ3) is 3.07. The number of nitrogens with zero attached hydrogens (tertiary/aromatic N) is 2. The van der Waals surface area contributed by atoms with Gasteiger partial charge in [0.15, 0.2) is 0 Å². The van der Waals surface area contributed by atoms with E-state index in [2.05, 4.69) is 22.3 Å². The lowest BCUT2D eigenvalue weighted by atomic mass is 10.0. The van der Waals surface area contributed by atoms with E-state index in [4.69, 9.17) is 5.73 Å². The Balaban J connectivity index is 1.76. The summed E-state index contributed by atoms with van der Waals surface area (Å²) < 4.78 is 0. The first-order valence-electron chi connectivity index (χ1n) is 7.48. The van der Waals surface area contributed by atoms with Crippen LogP contribution in [-0.2, 0) is 0 Å². The van der Waals surface area contributed by atoms with Gasteiger partial charge in [-0.25, -0.2) is 0 Å². The molecule has 1 aromatic carbocycles. The molecule has 0 spiro atoms. The van der Waals surface area contributed by atoms with Crippen LogP contribution in [0.1, 0.15) is 66.1 Å². The maximum Gasteiger partial charge on any atom is 0.138 e. The van der Waals surface area contributed by atoms with Crippen molar-refractivity contribution in [2.75, 3.05) is 0 Å². The summed E-state index contributed by atoms with van der Waals surface area (Å²) in [5.74, 6) is 0.603. The number of rotatable bonds is 3. The SMILES string of the molecule is NC(c1ccccc1)c1nnc(C2CCCCCC2)s1. The zero-order valence-corrected chi connectivity index (χ0v) is 12.5. The van der Waals surface area contributed by atoms with Crippen LogP contribution in [0.25, 0.3) is 0 Å². The number of hydrogen-bond donors (Lipinski definition) is 1. The molecule has 0 bridgehead atoms. The number of aromatic nitrogens is 2. The first-order valence-corrected chi connectivity index (χ1v) is 8.30. The minimum Gasteiger partial charge on any atom is -0.318 e. The van der Waals surface area contributed by atoms with Crippen LogP contribution >= 0.6 is 11.3 Å². The van der Waals surface area contributed by atoms with Crippen LogP contribution in [0, 0.1) is 0 Å². The zero-order valence-electron chi connectivity index (χ0n) is 11.7. The largest absolute Gasteiger partial charge is 0.318 e. The normalized spacial score (nSPS) is 18.6. The van der Waals surface area contributed by atoms with Gasteiger partial charge in [0.05, 0.1) is 6.04 Å². The Bertz CT molecular complexity index is 530. The average Bonchev–Trinajstić information content (AvgIpc) is 2.83. The molecule has 1 unspecified atom stereocenters. The molecule has 106 valence electrons. The molecule has 4 heteroatoms. The fourth-order valence-corrected chi connectivity index (χ4v) is 3.91. The summed E-state index contributed by atoms with van der Waals surface area (Å²) in [6.07, 6.45) is 7.90. The highest BCUT2D eigenvalue weighted by molar-refractivity contribution is 7.11. The molecule has 1 heterocycles. The Labute approximate surface area is 124 Å². The lowest BCUT2D eigenvalue weighted by molar-refractivity contribution is 0.583. The molecular weight excluding hydrogens is 266 g/mol. The van der Waals surface area contributed by atoms with Crippen molar-refractivity contribution in [2.45, 2.75) is 50.5 Å². The van der Waals surface area contributed by atoms with E-state index in [9.17, 15) is 0 Å². The van der Waals surface area contributed by atoms with Gasteiger partial charge < -0.3 is 5.73 Å². The third-order valence-corrected chi connectivity index (χ3v) is 5.25. The summed E-state index contributed by atoms with van der Waals surface area (Å²) in [6.45, 7) is 0. The van der Waals surface area contributed by atoms with E-state index in [0.29, 0.717) is 5.92 Å². The number of hydrogen-bond acceptors (Lipinski definition) is 4. The predicted molar refractivity (Wildman–Crippen MR) is 82.8 cm³/mol. The molecule has 1 aliphatic rings. The Kier molecular flexibility index (Phi) is 4.43. The van der Waals surface area contributed by atoms with Crippen molar-refractivity contribution in [3.05, 3.63) is 45.9 Å². The van der Waals surface area contributed by atoms with E-state index >= 15 is 0 Å². The van der Waals surface area contributed by atoms with Gasteiger partial charge in [-0.1, -0.05) is 67.4 Å². The topological polar surface area (TPSA) is 51.8 Å². The summed E-state index contributed by atoms with van der Waals surface area (Å²) in [7, 11) is 0. The lowest BCUT2D eigenvalue weighted by Gasteiger charge is -2.09. The Morgan fingerprint density at radius 1 is 1.00 bits per heavy atom. The van der Waals surface area contributed by atoms with Crippen molar-refractivity contribution < 1.29 is 0 Å². The third-order valence-electron chi connectivity index (χ3n) is 4.09. The molecule has 1 atom stereocenters.